The number of nitrogens with zero attached hydrogens (tertiary/aromatic N) is 3. The topological polar surface area (TPSA) is 59.8 Å². The molecule has 162 valence electrons. The summed E-state index contributed by atoms with van der Waals surface area (Å²) in [5.74, 6) is 0.852. The molecule has 1 N–H and O–H groups in total. The SMILES string of the molecule is CCc1nc2ccc(C(=O)Nc3ccncc3)cc2n1Cc1ccc(-c2ccccc2)cc1. The summed E-state index contributed by atoms with van der Waals surface area (Å²) in [5, 5.41) is 2.93. The minimum atomic E-state index is -0.152. The predicted octanol–water partition coefficient (Wildman–Crippen LogP) is 5.96. The van der Waals surface area contributed by atoms with E-state index in [1.54, 1.807) is 24.5 Å². The number of amides is 1. The van der Waals surface area contributed by atoms with Crippen LogP contribution < -0.4 is 5.32 Å². The maximum atomic E-state index is 12.8. The number of pyridine rings is 1. The van der Waals surface area contributed by atoms with Crippen LogP contribution in [0.1, 0.15) is 28.7 Å². The summed E-state index contributed by atoms with van der Waals surface area (Å²) in [5.41, 5.74) is 6.76. The third-order valence-electron chi connectivity index (χ3n) is 5.75. The first kappa shape index (κ1) is 20.6. The number of aryl methyl sites for hydroxylation is 1. The molecule has 3 aromatic carbocycles. The van der Waals surface area contributed by atoms with Crippen LogP contribution >= 0.6 is 0 Å². The van der Waals surface area contributed by atoms with Crippen LogP contribution in [0.3, 0.4) is 0 Å². The number of aromatic nitrogens is 3. The van der Waals surface area contributed by atoms with Gasteiger partial charge in [-0.3, -0.25) is 9.78 Å². The molecule has 0 aliphatic heterocycles. The van der Waals surface area contributed by atoms with E-state index >= 15 is 0 Å². The van der Waals surface area contributed by atoms with E-state index in [4.69, 9.17) is 4.98 Å². The molecule has 5 heteroatoms. The van der Waals surface area contributed by atoms with Crippen LogP contribution in [0.4, 0.5) is 5.69 Å². The Kier molecular flexibility index (Phi) is 5.68. The van der Waals surface area contributed by atoms with Crippen LogP contribution in [0.5, 0.6) is 0 Å². The third kappa shape index (κ3) is 4.39. The minimum Gasteiger partial charge on any atom is -0.323 e. The number of hydrogen-bond donors (Lipinski definition) is 1. The van der Waals surface area contributed by atoms with Gasteiger partial charge in [0.2, 0.25) is 0 Å². The van der Waals surface area contributed by atoms with Crippen LogP contribution in [0.25, 0.3) is 22.2 Å². The molecule has 0 fully saturated rings. The molecule has 0 radical (unpaired) electrons. The van der Waals surface area contributed by atoms with Gasteiger partial charge in [0.15, 0.2) is 0 Å². The van der Waals surface area contributed by atoms with Gasteiger partial charge in [-0.15, -0.1) is 0 Å². The van der Waals surface area contributed by atoms with E-state index in [0.29, 0.717) is 12.1 Å². The second-order valence-electron chi connectivity index (χ2n) is 7.92. The zero-order valence-electron chi connectivity index (χ0n) is 18.4. The number of rotatable bonds is 6. The zero-order chi connectivity index (χ0) is 22.6. The predicted molar refractivity (Wildman–Crippen MR) is 132 cm³/mol. The summed E-state index contributed by atoms with van der Waals surface area (Å²) in [6, 6.07) is 28.2. The lowest BCUT2D eigenvalue weighted by Gasteiger charge is -2.10. The fourth-order valence-electron chi connectivity index (χ4n) is 4.01. The summed E-state index contributed by atoms with van der Waals surface area (Å²) in [6.07, 6.45) is 4.13. The van der Waals surface area contributed by atoms with Gasteiger partial charge in [-0.25, -0.2) is 4.98 Å². The number of benzene rings is 3. The van der Waals surface area contributed by atoms with Crippen LogP contribution in [0.15, 0.2) is 97.3 Å². The molecule has 5 nitrogen and oxygen atoms in total. The number of fused-ring (bicyclic) bond motifs is 1. The molecule has 1 amide bonds. The van der Waals surface area contributed by atoms with E-state index in [1.165, 1.54) is 16.7 Å². The molecule has 33 heavy (non-hydrogen) atoms. The Bertz CT molecular complexity index is 1390. The number of carbonyl (C=O) groups excluding carboxylic acids is 1. The summed E-state index contributed by atoms with van der Waals surface area (Å²) < 4.78 is 2.20. The monoisotopic (exact) mass is 432 g/mol. The van der Waals surface area contributed by atoms with Gasteiger partial charge in [0.25, 0.3) is 5.91 Å². The largest absolute Gasteiger partial charge is 0.323 e. The fraction of sp³-hybridized carbons (Fsp3) is 0.107. The highest BCUT2D eigenvalue weighted by Crippen LogP contribution is 2.23. The molecular formula is C28H24N4O. The average Bonchev–Trinajstić information content (AvgIpc) is 3.22. The van der Waals surface area contributed by atoms with E-state index in [1.807, 2.05) is 24.3 Å². The molecular weight excluding hydrogens is 408 g/mol. The van der Waals surface area contributed by atoms with E-state index in [-0.39, 0.29) is 5.91 Å². The average molecular weight is 433 g/mol. The van der Waals surface area contributed by atoms with Crippen LogP contribution in [-0.4, -0.2) is 20.4 Å². The van der Waals surface area contributed by atoms with Gasteiger partial charge >= 0.3 is 0 Å². The normalized spacial score (nSPS) is 10.9. The van der Waals surface area contributed by atoms with Crippen molar-refractivity contribution < 1.29 is 4.79 Å². The number of hydrogen-bond acceptors (Lipinski definition) is 3. The summed E-state index contributed by atoms with van der Waals surface area (Å²) >= 11 is 0. The Hall–Kier alpha value is -4.25. The van der Waals surface area contributed by atoms with Crippen LogP contribution in [0, 0.1) is 0 Å². The van der Waals surface area contributed by atoms with Crippen molar-refractivity contribution in [2.75, 3.05) is 5.32 Å². The quantitative estimate of drug-likeness (QED) is 0.360. The van der Waals surface area contributed by atoms with E-state index in [2.05, 4.69) is 70.3 Å². The van der Waals surface area contributed by atoms with E-state index in [0.717, 1.165) is 29.0 Å². The molecule has 0 unspecified atom stereocenters. The number of nitrogens with one attached hydrogen (secondary N) is 1. The molecule has 0 saturated heterocycles. The molecule has 0 saturated carbocycles. The van der Waals surface area contributed by atoms with Gasteiger partial charge in [0.05, 0.1) is 11.0 Å². The van der Waals surface area contributed by atoms with Gasteiger partial charge in [-0.05, 0) is 47.0 Å². The van der Waals surface area contributed by atoms with Gasteiger partial charge in [0, 0.05) is 36.6 Å². The highest BCUT2D eigenvalue weighted by atomic mass is 16.1. The number of anilines is 1. The Morgan fingerprint density at radius 3 is 2.33 bits per heavy atom. The van der Waals surface area contributed by atoms with Crippen molar-refractivity contribution in [1.82, 2.24) is 14.5 Å². The maximum absolute atomic E-state index is 12.8. The fourth-order valence-corrected chi connectivity index (χ4v) is 4.01. The lowest BCUT2D eigenvalue weighted by molar-refractivity contribution is 0.102. The van der Waals surface area contributed by atoms with Crippen molar-refractivity contribution in [3.63, 3.8) is 0 Å². The number of imidazole rings is 1. The van der Waals surface area contributed by atoms with Crippen molar-refractivity contribution in [1.29, 1.82) is 0 Å². The molecule has 2 aromatic heterocycles. The second-order valence-corrected chi connectivity index (χ2v) is 7.92. The van der Waals surface area contributed by atoms with Gasteiger partial charge in [-0.1, -0.05) is 61.5 Å². The van der Waals surface area contributed by atoms with Crippen molar-refractivity contribution in [2.45, 2.75) is 19.9 Å². The van der Waals surface area contributed by atoms with Gasteiger partial charge in [0.1, 0.15) is 5.82 Å². The highest BCUT2D eigenvalue weighted by molar-refractivity contribution is 6.05. The maximum Gasteiger partial charge on any atom is 0.255 e. The smallest absolute Gasteiger partial charge is 0.255 e. The minimum absolute atomic E-state index is 0.152. The first-order chi connectivity index (χ1) is 16.2. The second kappa shape index (κ2) is 9.09. The number of carbonyl (C=O) groups is 1. The molecule has 0 aliphatic carbocycles. The van der Waals surface area contributed by atoms with Gasteiger partial charge < -0.3 is 9.88 Å². The summed E-state index contributed by atoms with van der Waals surface area (Å²) in [4.78, 5) is 21.6. The van der Waals surface area contributed by atoms with Crippen molar-refractivity contribution in [3.8, 4) is 11.1 Å². The molecule has 0 bridgehead atoms. The van der Waals surface area contributed by atoms with Crippen molar-refractivity contribution >= 4 is 22.6 Å². The molecule has 5 aromatic rings. The first-order valence-corrected chi connectivity index (χ1v) is 11.1. The van der Waals surface area contributed by atoms with Crippen molar-refractivity contribution in [3.05, 3.63) is 114 Å². The Morgan fingerprint density at radius 2 is 1.61 bits per heavy atom. The van der Waals surface area contributed by atoms with E-state index < -0.39 is 0 Å². The van der Waals surface area contributed by atoms with Crippen LogP contribution in [-0.2, 0) is 13.0 Å². The molecule has 2 heterocycles. The molecule has 0 atom stereocenters. The first-order valence-electron chi connectivity index (χ1n) is 11.1. The Labute approximate surface area is 192 Å². The van der Waals surface area contributed by atoms with Crippen molar-refractivity contribution in [2.24, 2.45) is 0 Å². The lowest BCUT2D eigenvalue weighted by atomic mass is 10.0. The van der Waals surface area contributed by atoms with Gasteiger partial charge in [-0.2, -0.15) is 0 Å². The third-order valence-corrected chi connectivity index (χ3v) is 5.75. The molecule has 0 aliphatic rings. The molecule has 0 spiro atoms. The highest BCUT2D eigenvalue weighted by Gasteiger charge is 2.14. The summed E-state index contributed by atoms with van der Waals surface area (Å²) in [7, 11) is 0. The zero-order valence-corrected chi connectivity index (χ0v) is 18.4. The standard InChI is InChI=1S/C28H24N4O/c1-2-27-31-25-13-12-23(28(33)30-24-14-16-29-17-15-24)18-26(25)32(27)19-20-8-10-22(11-9-20)21-6-4-3-5-7-21/h3-18H,2,19H2,1H3,(H,29,30,33). The Morgan fingerprint density at radius 1 is 0.879 bits per heavy atom. The van der Waals surface area contributed by atoms with E-state index in [9.17, 15) is 4.79 Å². The van der Waals surface area contributed by atoms with Crippen LogP contribution in [0.2, 0.25) is 0 Å². The lowest BCUT2D eigenvalue weighted by Crippen LogP contribution is -2.12. The Balaban J connectivity index is 1.44. The molecule has 5 rings (SSSR count). The summed E-state index contributed by atoms with van der Waals surface area (Å²) in [6.45, 7) is 2.80.